The van der Waals surface area contributed by atoms with E-state index in [4.69, 9.17) is 4.74 Å². The highest BCUT2D eigenvalue weighted by Gasteiger charge is 2.39. The van der Waals surface area contributed by atoms with Crippen LogP contribution < -0.4 is 10.1 Å². The van der Waals surface area contributed by atoms with Crippen molar-refractivity contribution < 1.29 is 22.3 Å². The van der Waals surface area contributed by atoms with Gasteiger partial charge in [-0.15, -0.1) is 0 Å². The Bertz CT molecular complexity index is 1210. The maximum absolute atomic E-state index is 13.4. The first-order valence-electron chi connectivity index (χ1n) is 9.67. The highest BCUT2D eigenvalue weighted by Crippen LogP contribution is 2.30. The van der Waals surface area contributed by atoms with Gasteiger partial charge in [0.1, 0.15) is 17.6 Å². The van der Waals surface area contributed by atoms with Crippen LogP contribution in [0.15, 0.2) is 77.7 Å². The number of carbonyl (C=O) groups is 1. The summed E-state index contributed by atoms with van der Waals surface area (Å²) >= 11 is 0. The van der Waals surface area contributed by atoms with E-state index in [0.29, 0.717) is 11.4 Å². The van der Waals surface area contributed by atoms with Gasteiger partial charge >= 0.3 is 0 Å². The molecule has 31 heavy (non-hydrogen) atoms. The molecule has 1 aliphatic rings. The van der Waals surface area contributed by atoms with Gasteiger partial charge in [-0.3, -0.25) is 4.79 Å². The lowest BCUT2D eigenvalue weighted by molar-refractivity contribution is -0.120. The second kappa shape index (κ2) is 8.49. The van der Waals surface area contributed by atoms with Crippen LogP contribution in [0, 0.1) is 5.82 Å². The third-order valence-corrected chi connectivity index (χ3v) is 7.13. The van der Waals surface area contributed by atoms with E-state index in [-0.39, 0.29) is 17.9 Å². The zero-order valence-corrected chi connectivity index (χ0v) is 17.6. The molecule has 0 fully saturated rings. The van der Waals surface area contributed by atoms with Crippen LogP contribution in [0.4, 0.5) is 10.1 Å². The lowest BCUT2D eigenvalue weighted by atomic mass is 9.95. The lowest BCUT2D eigenvalue weighted by Gasteiger charge is -2.35. The number of halogens is 1. The Morgan fingerprint density at radius 1 is 1.03 bits per heavy atom. The minimum Gasteiger partial charge on any atom is -0.497 e. The number of hydrogen-bond acceptors (Lipinski definition) is 4. The van der Waals surface area contributed by atoms with E-state index < -0.39 is 27.8 Å². The number of rotatable bonds is 5. The van der Waals surface area contributed by atoms with Crippen molar-refractivity contribution in [1.29, 1.82) is 0 Å². The smallest absolute Gasteiger partial charge is 0.244 e. The highest BCUT2D eigenvalue weighted by atomic mass is 32.2. The SMILES string of the molecule is COc1cccc(NC(=O)C2Cc3ccccc3CN2S(=O)(=O)c2ccc(F)cc2)c1. The molecule has 1 atom stereocenters. The number of sulfonamides is 1. The van der Waals surface area contributed by atoms with E-state index in [1.165, 1.54) is 23.5 Å². The van der Waals surface area contributed by atoms with Crippen LogP contribution in [0.2, 0.25) is 0 Å². The van der Waals surface area contributed by atoms with Crippen molar-refractivity contribution in [3.63, 3.8) is 0 Å². The van der Waals surface area contributed by atoms with Crippen molar-refractivity contribution >= 4 is 21.6 Å². The summed E-state index contributed by atoms with van der Waals surface area (Å²) in [7, 11) is -2.52. The number of methoxy groups -OCH3 is 1. The number of carbonyl (C=O) groups excluding carboxylic acids is 1. The van der Waals surface area contributed by atoms with E-state index in [9.17, 15) is 17.6 Å². The summed E-state index contributed by atoms with van der Waals surface area (Å²) in [6.07, 6.45) is 0.229. The Labute approximate surface area is 180 Å². The summed E-state index contributed by atoms with van der Waals surface area (Å²) in [5, 5.41) is 2.79. The van der Waals surface area contributed by atoms with Crippen LogP contribution in [-0.4, -0.2) is 31.8 Å². The molecule has 1 unspecified atom stereocenters. The Morgan fingerprint density at radius 2 is 1.74 bits per heavy atom. The molecule has 160 valence electrons. The average molecular weight is 440 g/mol. The molecule has 0 radical (unpaired) electrons. The van der Waals surface area contributed by atoms with Crippen LogP contribution in [0.25, 0.3) is 0 Å². The van der Waals surface area contributed by atoms with Gasteiger partial charge < -0.3 is 10.1 Å². The molecular weight excluding hydrogens is 419 g/mol. The third kappa shape index (κ3) is 4.30. The molecule has 8 heteroatoms. The zero-order chi connectivity index (χ0) is 22.0. The van der Waals surface area contributed by atoms with E-state index in [2.05, 4.69) is 5.32 Å². The molecule has 1 N–H and O–H groups in total. The van der Waals surface area contributed by atoms with E-state index >= 15 is 0 Å². The van der Waals surface area contributed by atoms with Gasteiger partial charge in [-0.2, -0.15) is 4.31 Å². The maximum atomic E-state index is 13.4. The van der Waals surface area contributed by atoms with Gasteiger partial charge in [0.15, 0.2) is 0 Å². The minimum absolute atomic E-state index is 0.0477. The first kappa shape index (κ1) is 21.0. The zero-order valence-electron chi connectivity index (χ0n) is 16.8. The number of anilines is 1. The number of fused-ring (bicyclic) bond motifs is 1. The molecule has 1 amide bonds. The summed E-state index contributed by atoms with van der Waals surface area (Å²) < 4.78 is 46.5. The van der Waals surface area contributed by atoms with Crippen molar-refractivity contribution in [3.8, 4) is 5.75 Å². The Kier molecular flexibility index (Phi) is 5.75. The number of benzene rings is 3. The van der Waals surface area contributed by atoms with Gasteiger partial charge in [0.2, 0.25) is 15.9 Å². The van der Waals surface area contributed by atoms with Crippen molar-refractivity contribution in [2.45, 2.75) is 23.9 Å². The molecule has 0 saturated carbocycles. The lowest BCUT2D eigenvalue weighted by Crippen LogP contribution is -2.50. The molecule has 0 aliphatic carbocycles. The standard InChI is InChI=1S/C23H21FN2O4S/c1-30-20-8-4-7-19(14-20)25-23(27)22-13-16-5-2-3-6-17(16)15-26(22)31(28,29)21-11-9-18(24)10-12-21/h2-12,14,22H,13,15H2,1H3,(H,25,27). The summed E-state index contributed by atoms with van der Waals surface area (Å²) in [6.45, 7) is 0.0477. The first-order valence-corrected chi connectivity index (χ1v) is 11.1. The molecule has 1 aliphatic heterocycles. The Morgan fingerprint density at radius 3 is 2.45 bits per heavy atom. The summed E-state index contributed by atoms with van der Waals surface area (Å²) in [4.78, 5) is 13.1. The van der Waals surface area contributed by atoms with E-state index in [0.717, 1.165) is 23.3 Å². The predicted octanol–water partition coefficient (Wildman–Crippen LogP) is 3.59. The topological polar surface area (TPSA) is 75.7 Å². The Hall–Kier alpha value is -3.23. The maximum Gasteiger partial charge on any atom is 0.244 e. The molecule has 0 aromatic heterocycles. The third-order valence-electron chi connectivity index (χ3n) is 5.27. The number of amides is 1. The van der Waals surface area contributed by atoms with Crippen LogP contribution in [0.5, 0.6) is 5.75 Å². The molecule has 3 aromatic carbocycles. The van der Waals surface area contributed by atoms with Crippen LogP contribution in [0.1, 0.15) is 11.1 Å². The molecular formula is C23H21FN2O4S. The monoisotopic (exact) mass is 440 g/mol. The summed E-state index contributed by atoms with van der Waals surface area (Å²) in [5.41, 5.74) is 2.25. The van der Waals surface area contributed by atoms with Gasteiger partial charge in [-0.25, -0.2) is 12.8 Å². The molecule has 0 bridgehead atoms. The average Bonchev–Trinajstić information content (AvgIpc) is 2.78. The van der Waals surface area contributed by atoms with Crippen molar-refractivity contribution in [1.82, 2.24) is 4.31 Å². The normalized spacial score (nSPS) is 16.4. The number of nitrogens with zero attached hydrogens (tertiary/aromatic N) is 1. The second-order valence-electron chi connectivity index (χ2n) is 7.21. The number of ether oxygens (including phenoxy) is 1. The van der Waals surface area contributed by atoms with Gasteiger partial charge in [-0.05, 0) is 53.9 Å². The fourth-order valence-electron chi connectivity index (χ4n) is 3.64. The van der Waals surface area contributed by atoms with Crippen LogP contribution in [-0.2, 0) is 27.8 Å². The van der Waals surface area contributed by atoms with Crippen LogP contribution >= 0.6 is 0 Å². The summed E-state index contributed by atoms with van der Waals surface area (Å²) in [6, 6.07) is 17.9. The van der Waals surface area contributed by atoms with Gasteiger partial charge in [0.05, 0.1) is 12.0 Å². The molecule has 6 nitrogen and oxygen atoms in total. The highest BCUT2D eigenvalue weighted by molar-refractivity contribution is 7.89. The number of nitrogens with one attached hydrogen (secondary N) is 1. The van der Waals surface area contributed by atoms with Crippen LogP contribution in [0.3, 0.4) is 0 Å². The fraction of sp³-hybridized carbons (Fsp3) is 0.174. The largest absolute Gasteiger partial charge is 0.497 e. The quantitative estimate of drug-likeness (QED) is 0.658. The van der Waals surface area contributed by atoms with Gasteiger partial charge in [-0.1, -0.05) is 30.3 Å². The van der Waals surface area contributed by atoms with E-state index in [1.807, 2.05) is 24.3 Å². The van der Waals surface area contributed by atoms with Crippen molar-refractivity contribution in [2.24, 2.45) is 0 Å². The molecule has 0 saturated heterocycles. The second-order valence-corrected chi connectivity index (χ2v) is 9.10. The molecule has 1 heterocycles. The fourth-order valence-corrected chi connectivity index (χ4v) is 5.21. The molecule has 3 aromatic rings. The number of hydrogen-bond donors (Lipinski definition) is 1. The van der Waals surface area contributed by atoms with Crippen molar-refractivity contribution in [2.75, 3.05) is 12.4 Å². The van der Waals surface area contributed by atoms with Crippen molar-refractivity contribution in [3.05, 3.63) is 89.7 Å². The Balaban J connectivity index is 1.70. The molecule has 4 rings (SSSR count). The summed E-state index contributed by atoms with van der Waals surface area (Å²) in [5.74, 6) is -0.411. The van der Waals surface area contributed by atoms with E-state index in [1.54, 1.807) is 24.3 Å². The van der Waals surface area contributed by atoms with Gasteiger partial charge in [0, 0.05) is 18.3 Å². The predicted molar refractivity (Wildman–Crippen MR) is 115 cm³/mol. The minimum atomic E-state index is -4.04. The van der Waals surface area contributed by atoms with Gasteiger partial charge in [0.25, 0.3) is 0 Å². The molecule has 0 spiro atoms. The first-order chi connectivity index (χ1) is 14.9.